The van der Waals surface area contributed by atoms with E-state index in [4.69, 9.17) is 11.6 Å². The van der Waals surface area contributed by atoms with E-state index in [2.05, 4.69) is 11.8 Å². The summed E-state index contributed by atoms with van der Waals surface area (Å²) in [5, 5.41) is 0.686. The molecule has 0 amide bonds. The minimum atomic E-state index is 0.455. The van der Waals surface area contributed by atoms with Gasteiger partial charge in [0.2, 0.25) is 0 Å². The molecule has 1 aromatic carbocycles. The number of hydrogen-bond acceptors (Lipinski definition) is 3. The van der Waals surface area contributed by atoms with Gasteiger partial charge in [-0.25, -0.2) is 0 Å². The number of hydrogen-bond donors (Lipinski definition) is 0. The lowest BCUT2D eigenvalue weighted by Gasteiger charge is -2.35. The van der Waals surface area contributed by atoms with Gasteiger partial charge < -0.3 is 4.90 Å². The molecule has 0 spiro atoms. The van der Waals surface area contributed by atoms with Gasteiger partial charge >= 0.3 is 0 Å². The van der Waals surface area contributed by atoms with Crippen LogP contribution in [0.4, 0.5) is 5.69 Å². The fourth-order valence-electron chi connectivity index (χ4n) is 1.95. The van der Waals surface area contributed by atoms with Crippen LogP contribution >= 0.6 is 23.4 Å². The van der Waals surface area contributed by atoms with Crippen LogP contribution in [0.5, 0.6) is 0 Å². The molecule has 2 nitrogen and oxygen atoms in total. The predicted octanol–water partition coefficient (Wildman–Crippen LogP) is 3.09. The third kappa shape index (κ3) is 2.36. The van der Waals surface area contributed by atoms with Crippen LogP contribution in [0.2, 0.25) is 5.02 Å². The number of aldehydes is 1. The fraction of sp³-hybridized carbons (Fsp3) is 0.417. The zero-order chi connectivity index (χ0) is 11.5. The molecule has 4 heteroatoms. The van der Waals surface area contributed by atoms with E-state index in [1.54, 1.807) is 12.1 Å². The van der Waals surface area contributed by atoms with Gasteiger partial charge in [0.15, 0.2) is 6.29 Å². The van der Waals surface area contributed by atoms with Crippen molar-refractivity contribution in [2.75, 3.05) is 23.0 Å². The van der Waals surface area contributed by atoms with Gasteiger partial charge in [-0.05, 0) is 25.1 Å². The first-order valence-electron chi connectivity index (χ1n) is 5.31. The van der Waals surface area contributed by atoms with E-state index in [0.29, 0.717) is 11.1 Å². The van der Waals surface area contributed by atoms with Gasteiger partial charge in [0.1, 0.15) is 0 Å². The fourth-order valence-corrected chi connectivity index (χ4v) is 3.13. The lowest BCUT2D eigenvalue weighted by Crippen LogP contribution is -2.40. The summed E-state index contributed by atoms with van der Waals surface area (Å²) in [6.45, 7) is 3.16. The second-order valence-electron chi connectivity index (χ2n) is 3.94. The van der Waals surface area contributed by atoms with Crippen LogP contribution in [0.25, 0.3) is 0 Å². The molecule has 0 saturated carbocycles. The molecule has 0 N–H and O–H groups in total. The maximum atomic E-state index is 11.0. The van der Waals surface area contributed by atoms with E-state index in [-0.39, 0.29) is 0 Å². The summed E-state index contributed by atoms with van der Waals surface area (Å²) in [6.07, 6.45) is 0.903. The minimum absolute atomic E-state index is 0.455. The number of benzene rings is 1. The van der Waals surface area contributed by atoms with E-state index in [9.17, 15) is 4.79 Å². The maximum Gasteiger partial charge on any atom is 0.152 e. The van der Waals surface area contributed by atoms with Crippen molar-refractivity contribution in [2.45, 2.75) is 13.0 Å². The summed E-state index contributed by atoms with van der Waals surface area (Å²) in [4.78, 5) is 13.3. The number of halogens is 1. The molecule has 86 valence electrons. The summed E-state index contributed by atoms with van der Waals surface area (Å²) in [6, 6.07) is 5.89. The molecular formula is C12H14ClNOS. The SMILES string of the molecule is CC1CSCCN1c1cc(Cl)ccc1C=O. The Hall–Kier alpha value is -0.670. The smallest absolute Gasteiger partial charge is 0.152 e. The monoisotopic (exact) mass is 255 g/mol. The third-order valence-corrected chi connectivity index (χ3v) is 4.22. The molecule has 0 aliphatic carbocycles. The van der Waals surface area contributed by atoms with Crippen molar-refractivity contribution in [3.05, 3.63) is 28.8 Å². The molecule has 2 rings (SSSR count). The first-order chi connectivity index (χ1) is 7.72. The second-order valence-corrected chi connectivity index (χ2v) is 5.52. The predicted molar refractivity (Wildman–Crippen MR) is 71.0 cm³/mol. The van der Waals surface area contributed by atoms with Crippen LogP contribution in [-0.2, 0) is 0 Å². The summed E-state index contributed by atoms with van der Waals surface area (Å²) < 4.78 is 0. The van der Waals surface area contributed by atoms with Gasteiger partial charge in [0.25, 0.3) is 0 Å². The largest absolute Gasteiger partial charge is 0.367 e. The number of rotatable bonds is 2. The van der Waals surface area contributed by atoms with Crippen molar-refractivity contribution in [2.24, 2.45) is 0 Å². The Balaban J connectivity index is 2.36. The van der Waals surface area contributed by atoms with E-state index < -0.39 is 0 Å². The lowest BCUT2D eigenvalue weighted by atomic mass is 10.1. The van der Waals surface area contributed by atoms with Crippen LogP contribution in [0.1, 0.15) is 17.3 Å². The molecule has 1 aromatic rings. The highest BCUT2D eigenvalue weighted by Gasteiger charge is 2.21. The molecule has 0 radical (unpaired) electrons. The Labute approximate surface area is 105 Å². The quantitative estimate of drug-likeness (QED) is 0.758. The van der Waals surface area contributed by atoms with Gasteiger partial charge in [-0.15, -0.1) is 0 Å². The van der Waals surface area contributed by atoms with E-state index in [0.717, 1.165) is 35.6 Å². The summed E-state index contributed by atoms with van der Waals surface area (Å²) >= 11 is 7.95. The normalized spacial score (nSPS) is 20.9. The first-order valence-corrected chi connectivity index (χ1v) is 6.85. The van der Waals surface area contributed by atoms with Crippen molar-refractivity contribution >= 4 is 35.3 Å². The van der Waals surface area contributed by atoms with Crippen LogP contribution in [0.3, 0.4) is 0 Å². The van der Waals surface area contributed by atoms with Crippen molar-refractivity contribution in [1.82, 2.24) is 0 Å². The Morgan fingerprint density at radius 2 is 2.38 bits per heavy atom. The van der Waals surface area contributed by atoms with Crippen LogP contribution in [0.15, 0.2) is 18.2 Å². The average molecular weight is 256 g/mol. The van der Waals surface area contributed by atoms with Gasteiger partial charge in [-0.2, -0.15) is 11.8 Å². The molecule has 0 bridgehead atoms. The van der Waals surface area contributed by atoms with Gasteiger partial charge in [-0.1, -0.05) is 11.6 Å². The van der Waals surface area contributed by atoms with Crippen molar-refractivity contribution < 1.29 is 4.79 Å². The number of nitrogens with zero attached hydrogens (tertiary/aromatic N) is 1. The lowest BCUT2D eigenvalue weighted by molar-refractivity contribution is 0.112. The van der Waals surface area contributed by atoms with Crippen LogP contribution in [-0.4, -0.2) is 30.4 Å². The van der Waals surface area contributed by atoms with Crippen LogP contribution in [0, 0.1) is 0 Å². The van der Waals surface area contributed by atoms with Crippen molar-refractivity contribution in [1.29, 1.82) is 0 Å². The van der Waals surface area contributed by atoms with Gasteiger partial charge in [0.05, 0.1) is 0 Å². The van der Waals surface area contributed by atoms with E-state index in [1.807, 2.05) is 17.8 Å². The van der Waals surface area contributed by atoms with E-state index in [1.165, 1.54) is 0 Å². The highest BCUT2D eigenvalue weighted by atomic mass is 35.5. The highest BCUT2D eigenvalue weighted by Crippen LogP contribution is 2.28. The third-order valence-electron chi connectivity index (χ3n) is 2.80. The average Bonchev–Trinajstić information content (AvgIpc) is 2.29. The Morgan fingerprint density at radius 3 is 3.06 bits per heavy atom. The summed E-state index contributed by atoms with van der Waals surface area (Å²) in [7, 11) is 0. The number of anilines is 1. The van der Waals surface area contributed by atoms with E-state index >= 15 is 0 Å². The zero-order valence-electron chi connectivity index (χ0n) is 9.15. The molecule has 1 atom stereocenters. The Morgan fingerprint density at radius 1 is 1.56 bits per heavy atom. The first kappa shape index (κ1) is 11.8. The molecule has 0 aromatic heterocycles. The van der Waals surface area contributed by atoms with Gasteiger partial charge in [-0.3, -0.25) is 4.79 Å². The molecular weight excluding hydrogens is 242 g/mol. The van der Waals surface area contributed by atoms with Crippen molar-refractivity contribution in [3.63, 3.8) is 0 Å². The van der Waals surface area contributed by atoms with Crippen LogP contribution < -0.4 is 4.90 Å². The molecule has 16 heavy (non-hydrogen) atoms. The van der Waals surface area contributed by atoms with Gasteiger partial charge in [0, 0.05) is 40.4 Å². The molecule has 1 heterocycles. The summed E-state index contributed by atoms with van der Waals surface area (Å²) in [5.74, 6) is 2.21. The number of carbonyl (C=O) groups excluding carboxylic acids is 1. The standard InChI is InChI=1S/C12H14ClNOS/c1-9-8-16-5-4-14(9)12-6-11(13)3-2-10(12)7-15/h2-3,6-7,9H,4-5,8H2,1H3. The molecule has 1 saturated heterocycles. The zero-order valence-corrected chi connectivity index (χ0v) is 10.7. The summed E-state index contributed by atoms with van der Waals surface area (Å²) in [5.41, 5.74) is 1.69. The number of carbonyl (C=O) groups is 1. The Kier molecular flexibility index (Phi) is 3.77. The Bertz CT molecular complexity index is 397. The number of thioether (sulfide) groups is 1. The van der Waals surface area contributed by atoms with Crippen molar-refractivity contribution in [3.8, 4) is 0 Å². The second kappa shape index (κ2) is 5.11. The topological polar surface area (TPSA) is 20.3 Å². The maximum absolute atomic E-state index is 11.0. The highest BCUT2D eigenvalue weighted by molar-refractivity contribution is 7.99. The minimum Gasteiger partial charge on any atom is -0.367 e. The molecule has 1 aliphatic heterocycles. The molecule has 1 unspecified atom stereocenters. The molecule has 1 fully saturated rings. The molecule has 1 aliphatic rings.